The number of carbonyl (C=O) groups excluding carboxylic acids is 1. The van der Waals surface area contributed by atoms with Crippen molar-refractivity contribution in [2.75, 3.05) is 5.01 Å². The fourth-order valence-corrected chi connectivity index (χ4v) is 4.23. The monoisotopic (exact) mass is 458 g/mol. The van der Waals surface area contributed by atoms with Crippen molar-refractivity contribution < 1.29 is 9.72 Å². The van der Waals surface area contributed by atoms with Crippen LogP contribution < -0.4 is 5.01 Å². The first-order valence-electron chi connectivity index (χ1n) is 10.3. The van der Waals surface area contributed by atoms with Crippen LogP contribution in [0.3, 0.4) is 0 Å². The first-order chi connectivity index (χ1) is 15.7. The molecule has 0 unspecified atom stereocenters. The number of non-ortho nitro benzene ring substituents is 1. The predicted molar refractivity (Wildman–Crippen MR) is 130 cm³/mol. The Balaban J connectivity index is 1.83. The second-order valence-electron chi connectivity index (χ2n) is 8.46. The summed E-state index contributed by atoms with van der Waals surface area (Å²) in [6, 6.07) is 19.4. The molecule has 0 atom stereocenters. The van der Waals surface area contributed by atoms with Crippen LogP contribution in [-0.2, 0) is 4.79 Å². The standard InChI is InChI=1S/C25H22N4O3S/c1-25(2,3)23-20(24(30)28(27-23)18-9-5-4-6-10-18)16-17-15-19(29(31)32)12-13-21(17)33-22-11-7-8-14-26-22/h4-16H,1-3H3/b20-16-. The average molecular weight is 459 g/mol. The first kappa shape index (κ1) is 22.4. The van der Waals surface area contributed by atoms with Crippen molar-refractivity contribution in [2.24, 2.45) is 10.5 Å². The Morgan fingerprint density at radius 3 is 2.39 bits per heavy atom. The Labute approximate surface area is 196 Å². The number of nitrogens with zero attached hydrogens (tertiary/aromatic N) is 4. The van der Waals surface area contributed by atoms with Gasteiger partial charge in [0.05, 0.1) is 21.9 Å². The number of hydrazone groups is 1. The lowest BCUT2D eigenvalue weighted by Crippen LogP contribution is -2.24. The van der Waals surface area contributed by atoms with Crippen LogP contribution in [0, 0.1) is 15.5 Å². The van der Waals surface area contributed by atoms with Crippen LogP contribution in [-0.4, -0.2) is 21.5 Å². The number of amides is 1. The van der Waals surface area contributed by atoms with Gasteiger partial charge in [-0.2, -0.15) is 10.1 Å². The zero-order valence-electron chi connectivity index (χ0n) is 18.4. The third-order valence-electron chi connectivity index (χ3n) is 4.95. The Morgan fingerprint density at radius 2 is 1.76 bits per heavy atom. The molecule has 0 bridgehead atoms. The van der Waals surface area contributed by atoms with E-state index in [0.717, 1.165) is 9.92 Å². The first-order valence-corrected chi connectivity index (χ1v) is 11.1. The molecule has 0 spiro atoms. The number of carbonyl (C=O) groups is 1. The van der Waals surface area contributed by atoms with Gasteiger partial charge in [-0.15, -0.1) is 0 Å². The zero-order chi connectivity index (χ0) is 23.6. The van der Waals surface area contributed by atoms with Crippen molar-refractivity contribution >= 4 is 40.8 Å². The number of hydrogen-bond acceptors (Lipinski definition) is 6. The van der Waals surface area contributed by atoms with Crippen molar-refractivity contribution in [3.63, 3.8) is 0 Å². The molecule has 3 aromatic rings. The number of hydrogen-bond donors (Lipinski definition) is 0. The molecule has 8 heteroatoms. The quantitative estimate of drug-likeness (QED) is 0.267. The maximum Gasteiger partial charge on any atom is 0.280 e. The smallest absolute Gasteiger partial charge is 0.267 e. The molecule has 166 valence electrons. The van der Waals surface area contributed by atoms with E-state index in [4.69, 9.17) is 0 Å². The molecule has 0 fully saturated rings. The molecule has 0 aliphatic carbocycles. The summed E-state index contributed by atoms with van der Waals surface area (Å²) in [7, 11) is 0. The van der Waals surface area contributed by atoms with E-state index < -0.39 is 10.3 Å². The largest absolute Gasteiger partial charge is 0.280 e. The van der Waals surface area contributed by atoms with E-state index in [1.165, 1.54) is 28.9 Å². The molecular formula is C25H22N4O3S. The number of nitro groups is 1. The lowest BCUT2D eigenvalue weighted by Gasteiger charge is -2.18. The van der Waals surface area contributed by atoms with Crippen LogP contribution in [0.1, 0.15) is 26.3 Å². The lowest BCUT2D eigenvalue weighted by atomic mass is 9.85. The van der Waals surface area contributed by atoms with Gasteiger partial charge in [-0.1, -0.05) is 56.8 Å². The highest BCUT2D eigenvalue weighted by molar-refractivity contribution is 7.99. The van der Waals surface area contributed by atoms with E-state index in [1.807, 2.05) is 69.3 Å². The highest BCUT2D eigenvalue weighted by Gasteiger charge is 2.37. The summed E-state index contributed by atoms with van der Waals surface area (Å²) in [5, 5.41) is 18.2. The number of para-hydroxylation sites is 1. The van der Waals surface area contributed by atoms with Gasteiger partial charge in [-0.3, -0.25) is 14.9 Å². The molecule has 1 aromatic heterocycles. The molecule has 0 N–H and O–H groups in total. The van der Waals surface area contributed by atoms with Gasteiger partial charge in [0.2, 0.25) is 0 Å². The minimum Gasteiger partial charge on any atom is -0.267 e. The summed E-state index contributed by atoms with van der Waals surface area (Å²) in [4.78, 5) is 29.5. The van der Waals surface area contributed by atoms with Gasteiger partial charge in [0.25, 0.3) is 11.6 Å². The van der Waals surface area contributed by atoms with Gasteiger partial charge in [0.15, 0.2) is 0 Å². The number of benzene rings is 2. The van der Waals surface area contributed by atoms with E-state index in [1.54, 1.807) is 18.3 Å². The summed E-state index contributed by atoms with van der Waals surface area (Å²) >= 11 is 1.38. The Morgan fingerprint density at radius 1 is 1.03 bits per heavy atom. The molecule has 1 aliphatic rings. The van der Waals surface area contributed by atoms with Gasteiger partial charge in [-0.25, -0.2) is 4.98 Å². The molecule has 2 heterocycles. The third kappa shape index (κ3) is 4.85. The molecule has 33 heavy (non-hydrogen) atoms. The Hall–Kier alpha value is -3.78. The maximum absolute atomic E-state index is 13.4. The average Bonchev–Trinajstić information content (AvgIpc) is 3.12. The SMILES string of the molecule is CC(C)(C)C1=NN(c2ccccc2)C(=O)/C1=C\c1cc([N+](=O)[O-])ccc1Sc1ccccn1. The van der Waals surface area contributed by atoms with Crippen molar-refractivity contribution in [1.29, 1.82) is 0 Å². The summed E-state index contributed by atoms with van der Waals surface area (Å²) in [6.45, 7) is 5.95. The maximum atomic E-state index is 13.4. The lowest BCUT2D eigenvalue weighted by molar-refractivity contribution is -0.384. The minimum atomic E-state index is -0.442. The number of rotatable bonds is 5. The number of anilines is 1. The number of pyridine rings is 1. The predicted octanol–water partition coefficient (Wildman–Crippen LogP) is 5.97. The zero-order valence-corrected chi connectivity index (χ0v) is 19.2. The van der Waals surface area contributed by atoms with E-state index in [9.17, 15) is 14.9 Å². The highest BCUT2D eigenvalue weighted by atomic mass is 32.2. The van der Waals surface area contributed by atoms with Crippen LogP contribution in [0.15, 0.2) is 93.5 Å². The minimum absolute atomic E-state index is 0.0492. The van der Waals surface area contributed by atoms with Crippen LogP contribution >= 0.6 is 11.8 Å². The fraction of sp³-hybridized carbons (Fsp3) is 0.160. The Bertz CT molecular complexity index is 1270. The van der Waals surface area contributed by atoms with Gasteiger partial charge in [-0.05, 0) is 42.0 Å². The van der Waals surface area contributed by atoms with E-state index in [-0.39, 0.29) is 11.6 Å². The summed E-state index contributed by atoms with van der Waals surface area (Å²) in [6.07, 6.45) is 3.39. The van der Waals surface area contributed by atoms with Gasteiger partial charge in [0.1, 0.15) is 5.03 Å². The normalized spacial score (nSPS) is 15.1. The summed E-state index contributed by atoms with van der Waals surface area (Å²) in [5.74, 6) is -0.272. The van der Waals surface area contributed by atoms with Crippen molar-refractivity contribution in [3.05, 3.63) is 94.2 Å². The topological polar surface area (TPSA) is 88.7 Å². The van der Waals surface area contributed by atoms with E-state index in [0.29, 0.717) is 22.5 Å². The second kappa shape index (κ2) is 8.99. The van der Waals surface area contributed by atoms with Crippen LogP contribution in [0.2, 0.25) is 0 Å². The molecule has 4 rings (SSSR count). The highest BCUT2D eigenvalue weighted by Crippen LogP contribution is 2.36. The molecule has 1 aliphatic heterocycles. The Kier molecular flexibility index (Phi) is 6.11. The molecular weight excluding hydrogens is 436 g/mol. The summed E-state index contributed by atoms with van der Waals surface area (Å²) < 4.78 is 0. The number of aromatic nitrogens is 1. The number of nitro benzene ring substituents is 1. The van der Waals surface area contributed by atoms with E-state index in [2.05, 4.69) is 10.1 Å². The van der Waals surface area contributed by atoms with Gasteiger partial charge >= 0.3 is 0 Å². The second-order valence-corrected chi connectivity index (χ2v) is 9.52. The van der Waals surface area contributed by atoms with Crippen molar-refractivity contribution in [1.82, 2.24) is 4.98 Å². The molecule has 0 saturated heterocycles. The fourth-order valence-electron chi connectivity index (χ4n) is 3.37. The van der Waals surface area contributed by atoms with Crippen LogP contribution in [0.5, 0.6) is 0 Å². The van der Waals surface area contributed by atoms with Crippen molar-refractivity contribution in [2.45, 2.75) is 30.7 Å². The molecule has 1 amide bonds. The van der Waals surface area contributed by atoms with Gasteiger partial charge in [0, 0.05) is 28.6 Å². The molecule has 0 saturated carbocycles. The molecule has 0 radical (unpaired) electrons. The third-order valence-corrected chi connectivity index (χ3v) is 5.99. The van der Waals surface area contributed by atoms with Crippen LogP contribution in [0.25, 0.3) is 6.08 Å². The molecule has 2 aromatic carbocycles. The van der Waals surface area contributed by atoms with Crippen LogP contribution in [0.4, 0.5) is 11.4 Å². The van der Waals surface area contributed by atoms with Gasteiger partial charge < -0.3 is 0 Å². The molecule has 7 nitrogen and oxygen atoms in total. The van der Waals surface area contributed by atoms with Crippen molar-refractivity contribution in [3.8, 4) is 0 Å². The van der Waals surface area contributed by atoms with E-state index >= 15 is 0 Å². The summed E-state index contributed by atoms with van der Waals surface area (Å²) in [5.41, 5.74) is 1.79.